The van der Waals surface area contributed by atoms with E-state index < -0.39 is 23.7 Å². The van der Waals surface area contributed by atoms with E-state index >= 15 is 0 Å². The molecule has 2 N–H and O–H groups in total. The van der Waals surface area contributed by atoms with Crippen LogP contribution < -0.4 is 10.1 Å². The van der Waals surface area contributed by atoms with E-state index in [1.165, 1.54) is 7.11 Å². The molecule has 1 heterocycles. The van der Waals surface area contributed by atoms with Gasteiger partial charge in [0, 0.05) is 24.2 Å². The second-order valence-corrected chi connectivity index (χ2v) is 6.37. The van der Waals surface area contributed by atoms with Crippen LogP contribution in [0, 0.1) is 0 Å². The molecule has 1 rings (SSSR count). The van der Waals surface area contributed by atoms with Gasteiger partial charge in [0.25, 0.3) is 0 Å². The molecular formula is C14H19BrN2O5. The van der Waals surface area contributed by atoms with Crippen LogP contribution in [0.5, 0.6) is 5.75 Å². The van der Waals surface area contributed by atoms with Crippen molar-refractivity contribution in [1.82, 2.24) is 10.3 Å². The molecule has 8 heteroatoms. The fraction of sp³-hybridized carbons (Fsp3) is 0.500. The molecule has 0 saturated carbocycles. The highest BCUT2D eigenvalue weighted by atomic mass is 79.9. The first-order valence-corrected chi connectivity index (χ1v) is 7.33. The largest absolute Gasteiger partial charge is 0.497 e. The van der Waals surface area contributed by atoms with Crippen LogP contribution in [0.2, 0.25) is 0 Å². The molecule has 1 aromatic rings. The summed E-state index contributed by atoms with van der Waals surface area (Å²) in [6.45, 7) is 5.09. The number of alkyl carbamates (subject to hydrolysis) is 1. The van der Waals surface area contributed by atoms with Gasteiger partial charge in [-0.05, 0) is 36.7 Å². The van der Waals surface area contributed by atoms with Crippen molar-refractivity contribution < 1.29 is 24.2 Å². The summed E-state index contributed by atoms with van der Waals surface area (Å²) in [4.78, 5) is 27.2. The Labute approximate surface area is 137 Å². The standard InChI is InChI=1S/C14H19BrN2O5/c1-14(2,3)22-13(20)17-10(12(18)19)6-8-5-9(21-4)7-11(15)16-8/h5,7,10H,6H2,1-4H3,(H,17,20)(H,18,19)/t10-/m0/s1. The van der Waals surface area contributed by atoms with Crippen molar-refractivity contribution in [2.75, 3.05) is 7.11 Å². The van der Waals surface area contributed by atoms with Crippen LogP contribution in [0.3, 0.4) is 0 Å². The number of carboxylic acids is 1. The van der Waals surface area contributed by atoms with Gasteiger partial charge in [-0.3, -0.25) is 0 Å². The van der Waals surface area contributed by atoms with Crippen molar-refractivity contribution >= 4 is 28.0 Å². The normalized spacial score (nSPS) is 12.4. The summed E-state index contributed by atoms with van der Waals surface area (Å²) in [5.41, 5.74) is -0.237. The minimum atomic E-state index is -1.17. The average Bonchev–Trinajstić information content (AvgIpc) is 2.34. The molecule has 0 aliphatic rings. The summed E-state index contributed by atoms with van der Waals surface area (Å²) < 4.78 is 10.7. The number of carboxylic acid groups (broad SMARTS) is 1. The van der Waals surface area contributed by atoms with Gasteiger partial charge in [-0.1, -0.05) is 0 Å². The SMILES string of the molecule is COc1cc(Br)nc(C[C@H](NC(=O)OC(C)(C)C)C(=O)O)c1. The van der Waals surface area contributed by atoms with Crippen molar-refractivity contribution in [2.24, 2.45) is 0 Å². The highest BCUT2D eigenvalue weighted by Gasteiger charge is 2.25. The summed E-state index contributed by atoms with van der Waals surface area (Å²) in [7, 11) is 1.50. The number of hydrogen-bond donors (Lipinski definition) is 2. The molecule has 0 aromatic carbocycles. The van der Waals surface area contributed by atoms with Gasteiger partial charge in [0.05, 0.1) is 7.11 Å². The number of ether oxygens (including phenoxy) is 2. The summed E-state index contributed by atoms with van der Waals surface area (Å²) in [5.74, 6) is -0.634. The minimum absolute atomic E-state index is 0.00434. The quantitative estimate of drug-likeness (QED) is 0.767. The van der Waals surface area contributed by atoms with Gasteiger partial charge in [-0.25, -0.2) is 14.6 Å². The Morgan fingerprint density at radius 1 is 1.41 bits per heavy atom. The Hall–Kier alpha value is -1.83. The smallest absolute Gasteiger partial charge is 0.408 e. The third kappa shape index (κ3) is 6.30. The van der Waals surface area contributed by atoms with E-state index in [1.54, 1.807) is 32.9 Å². The van der Waals surface area contributed by atoms with Gasteiger partial charge in [-0.15, -0.1) is 0 Å². The van der Waals surface area contributed by atoms with Crippen molar-refractivity contribution in [3.05, 3.63) is 22.4 Å². The summed E-state index contributed by atoms with van der Waals surface area (Å²) in [6, 6.07) is 2.11. The molecule has 22 heavy (non-hydrogen) atoms. The maximum Gasteiger partial charge on any atom is 0.408 e. The van der Waals surface area contributed by atoms with E-state index in [0.29, 0.717) is 16.0 Å². The maximum absolute atomic E-state index is 11.7. The van der Waals surface area contributed by atoms with Crippen LogP contribution in [0.15, 0.2) is 16.7 Å². The number of carbonyl (C=O) groups is 2. The molecule has 0 radical (unpaired) electrons. The lowest BCUT2D eigenvalue weighted by Crippen LogP contribution is -2.44. The highest BCUT2D eigenvalue weighted by molar-refractivity contribution is 9.10. The van der Waals surface area contributed by atoms with Gasteiger partial charge in [-0.2, -0.15) is 0 Å². The fourth-order valence-corrected chi connectivity index (χ4v) is 2.06. The number of nitrogens with zero attached hydrogens (tertiary/aromatic N) is 1. The number of nitrogens with one attached hydrogen (secondary N) is 1. The number of rotatable bonds is 5. The number of pyridine rings is 1. The third-order valence-corrected chi connectivity index (χ3v) is 2.86. The summed E-state index contributed by atoms with van der Waals surface area (Å²) in [6.07, 6.45) is -0.786. The molecule has 0 unspecified atom stereocenters. The molecule has 1 amide bonds. The van der Waals surface area contributed by atoms with Crippen molar-refractivity contribution in [3.8, 4) is 5.75 Å². The van der Waals surface area contributed by atoms with Gasteiger partial charge < -0.3 is 19.9 Å². The maximum atomic E-state index is 11.7. The zero-order chi connectivity index (χ0) is 16.9. The first-order chi connectivity index (χ1) is 10.1. The third-order valence-electron chi connectivity index (χ3n) is 2.46. The Balaban J connectivity index is 2.83. The fourth-order valence-electron chi connectivity index (χ4n) is 1.61. The van der Waals surface area contributed by atoms with Crippen LogP contribution >= 0.6 is 15.9 Å². The van der Waals surface area contributed by atoms with Crippen molar-refractivity contribution in [2.45, 2.75) is 38.8 Å². The highest BCUT2D eigenvalue weighted by Crippen LogP contribution is 2.19. The van der Waals surface area contributed by atoms with Gasteiger partial charge in [0.1, 0.15) is 22.0 Å². The van der Waals surface area contributed by atoms with Crippen LogP contribution in [0.4, 0.5) is 4.79 Å². The zero-order valence-electron chi connectivity index (χ0n) is 12.8. The van der Waals surface area contributed by atoms with Crippen LogP contribution in [-0.2, 0) is 16.0 Å². The van der Waals surface area contributed by atoms with E-state index in [2.05, 4.69) is 26.2 Å². The molecule has 0 fully saturated rings. The van der Waals surface area contributed by atoms with E-state index in [4.69, 9.17) is 9.47 Å². The second-order valence-electron chi connectivity index (χ2n) is 5.56. The predicted octanol–water partition coefficient (Wildman–Crippen LogP) is 2.37. The molecule has 1 aromatic heterocycles. The Bertz CT molecular complexity index is 557. The summed E-state index contributed by atoms with van der Waals surface area (Å²) in [5, 5.41) is 11.6. The van der Waals surface area contributed by atoms with Crippen LogP contribution in [0.25, 0.3) is 0 Å². The summed E-state index contributed by atoms with van der Waals surface area (Å²) >= 11 is 3.22. The van der Waals surface area contributed by atoms with Gasteiger partial charge in [0.15, 0.2) is 0 Å². The number of aromatic nitrogens is 1. The lowest BCUT2D eigenvalue weighted by Gasteiger charge is -2.22. The molecule has 1 atom stereocenters. The molecule has 0 saturated heterocycles. The monoisotopic (exact) mass is 374 g/mol. The van der Waals surface area contributed by atoms with E-state index in [9.17, 15) is 14.7 Å². The van der Waals surface area contributed by atoms with E-state index in [-0.39, 0.29) is 6.42 Å². The lowest BCUT2D eigenvalue weighted by molar-refractivity contribution is -0.139. The lowest BCUT2D eigenvalue weighted by atomic mass is 10.1. The Kier molecular flexibility index (Phi) is 6.16. The number of aliphatic carboxylic acids is 1. The molecule has 0 spiro atoms. The zero-order valence-corrected chi connectivity index (χ0v) is 14.4. The average molecular weight is 375 g/mol. The number of halogens is 1. The first-order valence-electron chi connectivity index (χ1n) is 6.53. The first kappa shape index (κ1) is 18.2. The number of methoxy groups -OCH3 is 1. The molecular weight excluding hydrogens is 356 g/mol. The number of hydrogen-bond acceptors (Lipinski definition) is 5. The van der Waals surface area contributed by atoms with Crippen molar-refractivity contribution in [3.63, 3.8) is 0 Å². The second kappa shape index (κ2) is 7.44. The minimum Gasteiger partial charge on any atom is -0.497 e. The number of carbonyl (C=O) groups excluding carboxylic acids is 1. The number of amides is 1. The molecule has 122 valence electrons. The Morgan fingerprint density at radius 3 is 2.55 bits per heavy atom. The molecule has 0 bridgehead atoms. The van der Waals surface area contributed by atoms with E-state index in [1.807, 2.05) is 0 Å². The molecule has 7 nitrogen and oxygen atoms in total. The van der Waals surface area contributed by atoms with Crippen molar-refractivity contribution in [1.29, 1.82) is 0 Å². The predicted molar refractivity (Wildman–Crippen MR) is 83.0 cm³/mol. The molecule has 0 aliphatic carbocycles. The van der Waals surface area contributed by atoms with Crippen LogP contribution in [-0.4, -0.2) is 40.9 Å². The topological polar surface area (TPSA) is 97.8 Å². The van der Waals surface area contributed by atoms with Gasteiger partial charge in [0.2, 0.25) is 0 Å². The van der Waals surface area contributed by atoms with Crippen LogP contribution in [0.1, 0.15) is 26.5 Å². The Morgan fingerprint density at radius 2 is 2.05 bits per heavy atom. The van der Waals surface area contributed by atoms with E-state index in [0.717, 1.165) is 0 Å². The molecule has 0 aliphatic heterocycles. The van der Waals surface area contributed by atoms with Gasteiger partial charge >= 0.3 is 12.1 Å².